The fourth-order valence-electron chi connectivity index (χ4n) is 3.92. The van der Waals surface area contributed by atoms with Gasteiger partial charge in [0.05, 0.1) is 5.60 Å². The van der Waals surface area contributed by atoms with Gasteiger partial charge in [-0.2, -0.15) is 0 Å². The van der Waals surface area contributed by atoms with Crippen LogP contribution in [0.5, 0.6) is 0 Å². The second kappa shape index (κ2) is 2.29. The van der Waals surface area contributed by atoms with E-state index in [0.29, 0.717) is 12.5 Å². The van der Waals surface area contributed by atoms with Gasteiger partial charge in [0.25, 0.3) is 0 Å². The number of fused-ring (bicyclic) bond motifs is 2. The Hall–Kier alpha value is -0.0800. The summed E-state index contributed by atoms with van der Waals surface area (Å²) in [5, 5.41) is 10.7. The van der Waals surface area contributed by atoms with E-state index in [1.54, 1.807) is 0 Å². The normalized spacial score (nSPS) is 51.2. The fraction of sp³-hybridized carbons (Fsp3) is 1.00. The molecule has 0 aliphatic heterocycles. The quantitative estimate of drug-likeness (QED) is 0.674. The van der Waals surface area contributed by atoms with E-state index < -0.39 is 0 Å². The zero-order chi connectivity index (χ0) is 9.10. The van der Waals surface area contributed by atoms with Gasteiger partial charge in [-0.1, -0.05) is 0 Å². The molecule has 3 aliphatic carbocycles. The Labute approximate surface area is 79.5 Å². The van der Waals surface area contributed by atoms with Gasteiger partial charge in [0, 0.05) is 12.0 Å². The lowest BCUT2D eigenvalue weighted by atomic mass is 9.72. The number of aliphatic hydroxyl groups is 1. The SMILES string of the molecule is NCC1(C2(O)CC3CCC2C3)CC1. The van der Waals surface area contributed by atoms with Crippen molar-refractivity contribution in [2.24, 2.45) is 23.0 Å². The van der Waals surface area contributed by atoms with Crippen LogP contribution in [0.2, 0.25) is 0 Å². The van der Waals surface area contributed by atoms with Crippen molar-refractivity contribution in [3.05, 3.63) is 0 Å². The molecule has 3 rings (SSSR count). The predicted molar refractivity (Wildman–Crippen MR) is 51.1 cm³/mol. The smallest absolute Gasteiger partial charge is 0.0746 e. The van der Waals surface area contributed by atoms with Crippen molar-refractivity contribution in [2.45, 2.75) is 44.1 Å². The molecule has 3 N–H and O–H groups in total. The highest BCUT2D eigenvalue weighted by molar-refractivity contribution is 5.16. The van der Waals surface area contributed by atoms with Gasteiger partial charge in [0.15, 0.2) is 0 Å². The number of hydrogen-bond acceptors (Lipinski definition) is 2. The highest BCUT2D eigenvalue weighted by Gasteiger charge is 2.65. The molecule has 74 valence electrons. The van der Waals surface area contributed by atoms with Crippen molar-refractivity contribution < 1.29 is 5.11 Å². The molecule has 3 fully saturated rings. The molecule has 3 unspecified atom stereocenters. The largest absolute Gasteiger partial charge is 0.389 e. The molecule has 3 aliphatic rings. The molecule has 0 heterocycles. The van der Waals surface area contributed by atoms with Gasteiger partial charge in [-0.15, -0.1) is 0 Å². The maximum Gasteiger partial charge on any atom is 0.0746 e. The third kappa shape index (κ3) is 0.861. The van der Waals surface area contributed by atoms with Crippen molar-refractivity contribution in [1.29, 1.82) is 0 Å². The molecule has 2 bridgehead atoms. The van der Waals surface area contributed by atoms with Gasteiger partial charge in [0.2, 0.25) is 0 Å². The van der Waals surface area contributed by atoms with Crippen LogP contribution in [0.15, 0.2) is 0 Å². The first kappa shape index (κ1) is 8.25. The van der Waals surface area contributed by atoms with Crippen LogP contribution >= 0.6 is 0 Å². The zero-order valence-electron chi connectivity index (χ0n) is 8.13. The third-order valence-corrected chi connectivity index (χ3v) is 4.98. The van der Waals surface area contributed by atoms with Crippen LogP contribution in [0.25, 0.3) is 0 Å². The van der Waals surface area contributed by atoms with Gasteiger partial charge in [-0.3, -0.25) is 0 Å². The van der Waals surface area contributed by atoms with Gasteiger partial charge >= 0.3 is 0 Å². The first-order valence-corrected chi connectivity index (χ1v) is 5.63. The number of hydrogen-bond donors (Lipinski definition) is 2. The van der Waals surface area contributed by atoms with E-state index in [9.17, 15) is 5.11 Å². The average molecular weight is 181 g/mol. The van der Waals surface area contributed by atoms with Crippen LogP contribution in [-0.4, -0.2) is 17.3 Å². The van der Waals surface area contributed by atoms with E-state index in [4.69, 9.17) is 5.73 Å². The van der Waals surface area contributed by atoms with Crippen LogP contribution in [0.1, 0.15) is 38.5 Å². The second-order valence-corrected chi connectivity index (χ2v) is 5.49. The third-order valence-electron chi connectivity index (χ3n) is 4.98. The van der Waals surface area contributed by atoms with Crippen LogP contribution in [0.4, 0.5) is 0 Å². The molecule has 0 aromatic heterocycles. The summed E-state index contributed by atoms with van der Waals surface area (Å²) in [6.07, 6.45) is 7.27. The Kier molecular flexibility index (Phi) is 1.45. The average Bonchev–Trinajstić information content (AvgIpc) is 2.72. The summed E-state index contributed by atoms with van der Waals surface area (Å²) in [7, 11) is 0. The minimum absolute atomic E-state index is 0.146. The summed E-state index contributed by atoms with van der Waals surface area (Å²) in [6, 6.07) is 0. The maximum absolute atomic E-state index is 10.7. The van der Waals surface area contributed by atoms with E-state index in [1.165, 1.54) is 32.1 Å². The van der Waals surface area contributed by atoms with E-state index in [-0.39, 0.29) is 11.0 Å². The van der Waals surface area contributed by atoms with Crippen LogP contribution in [0.3, 0.4) is 0 Å². The standard InChI is InChI=1S/C11H19NO/c12-7-10(3-4-10)11(13)6-8-1-2-9(11)5-8/h8-9,13H,1-7,12H2. The summed E-state index contributed by atoms with van der Waals surface area (Å²) < 4.78 is 0. The maximum atomic E-state index is 10.7. The fourth-order valence-corrected chi connectivity index (χ4v) is 3.92. The highest BCUT2D eigenvalue weighted by atomic mass is 16.3. The van der Waals surface area contributed by atoms with E-state index in [0.717, 1.165) is 12.3 Å². The number of nitrogens with two attached hydrogens (primary N) is 1. The first-order chi connectivity index (χ1) is 6.20. The Morgan fingerprint density at radius 2 is 2.08 bits per heavy atom. The molecule has 3 atom stereocenters. The summed E-state index contributed by atoms with van der Waals surface area (Å²) in [6.45, 7) is 0.701. The topological polar surface area (TPSA) is 46.2 Å². The van der Waals surface area contributed by atoms with Crippen LogP contribution in [0, 0.1) is 17.3 Å². The molecule has 0 spiro atoms. The van der Waals surface area contributed by atoms with Crippen LogP contribution < -0.4 is 5.73 Å². The molecule has 0 aromatic rings. The summed E-state index contributed by atoms with van der Waals surface area (Å²) in [4.78, 5) is 0. The Morgan fingerprint density at radius 3 is 2.46 bits per heavy atom. The first-order valence-electron chi connectivity index (χ1n) is 5.63. The molecule has 3 saturated carbocycles. The summed E-state index contributed by atoms with van der Waals surface area (Å²) >= 11 is 0. The van der Waals surface area contributed by atoms with E-state index in [1.807, 2.05) is 0 Å². The lowest BCUT2D eigenvalue weighted by Gasteiger charge is -2.39. The molecular formula is C11H19NO. The van der Waals surface area contributed by atoms with Crippen molar-refractivity contribution in [3.8, 4) is 0 Å². The Balaban J connectivity index is 1.89. The van der Waals surface area contributed by atoms with Crippen molar-refractivity contribution >= 4 is 0 Å². The second-order valence-electron chi connectivity index (χ2n) is 5.49. The predicted octanol–water partition coefficient (Wildman–Crippen LogP) is 1.28. The van der Waals surface area contributed by atoms with Gasteiger partial charge in [-0.25, -0.2) is 0 Å². The van der Waals surface area contributed by atoms with E-state index >= 15 is 0 Å². The molecular weight excluding hydrogens is 162 g/mol. The minimum atomic E-state index is -0.356. The molecule has 0 saturated heterocycles. The Morgan fingerprint density at radius 1 is 1.31 bits per heavy atom. The van der Waals surface area contributed by atoms with Crippen molar-refractivity contribution in [3.63, 3.8) is 0 Å². The van der Waals surface area contributed by atoms with E-state index in [2.05, 4.69) is 0 Å². The van der Waals surface area contributed by atoms with Crippen molar-refractivity contribution in [1.82, 2.24) is 0 Å². The zero-order valence-corrected chi connectivity index (χ0v) is 8.13. The highest BCUT2D eigenvalue weighted by Crippen LogP contribution is 2.65. The summed E-state index contributed by atoms with van der Waals surface area (Å²) in [5.74, 6) is 1.41. The van der Waals surface area contributed by atoms with Crippen LogP contribution in [-0.2, 0) is 0 Å². The molecule has 2 heteroatoms. The van der Waals surface area contributed by atoms with Gasteiger partial charge in [-0.05, 0) is 50.4 Å². The summed E-state index contributed by atoms with van der Waals surface area (Å²) in [5.41, 5.74) is 5.59. The number of rotatable bonds is 2. The lowest BCUT2D eigenvalue weighted by molar-refractivity contribution is -0.0746. The van der Waals surface area contributed by atoms with Gasteiger partial charge < -0.3 is 10.8 Å². The molecule has 0 amide bonds. The molecule has 13 heavy (non-hydrogen) atoms. The van der Waals surface area contributed by atoms with Crippen molar-refractivity contribution in [2.75, 3.05) is 6.54 Å². The molecule has 0 aromatic carbocycles. The minimum Gasteiger partial charge on any atom is -0.389 e. The molecule has 0 radical (unpaired) electrons. The molecule has 2 nitrogen and oxygen atoms in total. The lowest BCUT2D eigenvalue weighted by Crippen LogP contribution is -2.47. The monoisotopic (exact) mass is 181 g/mol. The van der Waals surface area contributed by atoms with Gasteiger partial charge in [0.1, 0.15) is 0 Å². The Bertz CT molecular complexity index is 236.